The quantitative estimate of drug-likeness (QED) is 0.481. The summed E-state index contributed by atoms with van der Waals surface area (Å²) in [6.07, 6.45) is 0. The van der Waals surface area contributed by atoms with Gasteiger partial charge in [-0.25, -0.2) is 0 Å². The number of nitrogens with one attached hydrogen (secondary N) is 1. The van der Waals surface area contributed by atoms with E-state index in [1.165, 1.54) is 0 Å². The Hall–Kier alpha value is -1.23. The second-order valence-corrected chi connectivity index (χ2v) is 5.27. The summed E-state index contributed by atoms with van der Waals surface area (Å²) in [6.45, 7) is 6.14. The van der Waals surface area contributed by atoms with Crippen molar-refractivity contribution in [2.24, 2.45) is 16.6 Å². The molecule has 0 spiro atoms. The van der Waals surface area contributed by atoms with Crippen LogP contribution in [-0.2, 0) is 0 Å². The average Bonchev–Trinajstić information content (AvgIpc) is 2.32. The van der Waals surface area contributed by atoms with Crippen molar-refractivity contribution < 1.29 is 4.74 Å². The monoisotopic (exact) mass is 313 g/mol. The van der Waals surface area contributed by atoms with E-state index in [9.17, 15) is 0 Å². The van der Waals surface area contributed by atoms with E-state index in [0.717, 1.165) is 16.8 Å². The van der Waals surface area contributed by atoms with Gasteiger partial charge in [-0.1, -0.05) is 35.8 Å². The van der Waals surface area contributed by atoms with Crippen LogP contribution in [0.25, 0.3) is 0 Å². The van der Waals surface area contributed by atoms with Crippen LogP contribution in [0.1, 0.15) is 13.8 Å². The lowest BCUT2D eigenvalue weighted by Gasteiger charge is -2.08. The number of guanidine groups is 1. The molecule has 100 valence electrons. The summed E-state index contributed by atoms with van der Waals surface area (Å²) in [6, 6.07) is 7.74. The molecule has 1 aromatic carbocycles. The van der Waals surface area contributed by atoms with Gasteiger partial charge in [0.2, 0.25) is 0 Å². The third-order valence-electron chi connectivity index (χ3n) is 2.10. The Morgan fingerprint density at radius 3 is 2.94 bits per heavy atom. The first-order valence-electron chi connectivity index (χ1n) is 6.00. The molecular formula is C13H20BrN3O. The number of aliphatic imine (C=N–C) groups is 1. The van der Waals surface area contributed by atoms with Crippen LogP contribution < -0.4 is 15.8 Å². The zero-order valence-electron chi connectivity index (χ0n) is 10.8. The minimum Gasteiger partial charge on any atom is -0.492 e. The molecule has 0 aliphatic heterocycles. The number of hydrogen-bond acceptors (Lipinski definition) is 2. The highest BCUT2D eigenvalue weighted by Crippen LogP contribution is 2.17. The van der Waals surface area contributed by atoms with Crippen molar-refractivity contribution in [3.8, 4) is 5.75 Å². The number of halogens is 1. The third-order valence-corrected chi connectivity index (χ3v) is 2.59. The van der Waals surface area contributed by atoms with Gasteiger partial charge in [0, 0.05) is 11.0 Å². The molecule has 0 unspecified atom stereocenters. The Morgan fingerprint density at radius 1 is 1.50 bits per heavy atom. The maximum Gasteiger partial charge on any atom is 0.188 e. The minimum atomic E-state index is 0.474. The molecule has 0 atom stereocenters. The summed E-state index contributed by atoms with van der Waals surface area (Å²) in [5, 5.41) is 3.01. The zero-order valence-corrected chi connectivity index (χ0v) is 12.4. The van der Waals surface area contributed by atoms with E-state index in [4.69, 9.17) is 10.5 Å². The molecule has 0 fully saturated rings. The van der Waals surface area contributed by atoms with E-state index in [-0.39, 0.29) is 0 Å². The fourth-order valence-electron chi connectivity index (χ4n) is 1.24. The van der Waals surface area contributed by atoms with Crippen molar-refractivity contribution in [1.82, 2.24) is 5.32 Å². The van der Waals surface area contributed by atoms with Crippen LogP contribution in [0.4, 0.5) is 0 Å². The number of benzene rings is 1. The van der Waals surface area contributed by atoms with Crippen molar-refractivity contribution >= 4 is 21.9 Å². The largest absolute Gasteiger partial charge is 0.492 e. The lowest BCUT2D eigenvalue weighted by Crippen LogP contribution is -2.35. The summed E-state index contributed by atoms with van der Waals surface area (Å²) >= 11 is 3.39. The lowest BCUT2D eigenvalue weighted by molar-refractivity contribution is 0.322. The zero-order chi connectivity index (χ0) is 13.4. The fraction of sp³-hybridized carbons (Fsp3) is 0.462. The number of ether oxygens (including phenoxy) is 1. The predicted octanol–water partition coefficient (Wildman–Crippen LogP) is 2.39. The van der Waals surface area contributed by atoms with Crippen LogP contribution >= 0.6 is 15.9 Å². The maximum absolute atomic E-state index is 5.70. The summed E-state index contributed by atoms with van der Waals surface area (Å²) in [5.41, 5.74) is 5.70. The highest BCUT2D eigenvalue weighted by Gasteiger charge is 1.96. The van der Waals surface area contributed by atoms with Gasteiger partial charge in [0.15, 0.2) is 5.96 Å². The average molecular weight is 314 g/mol. The van der Waals surface area contributed by atoms with Crippen molar-refractivity contribution in [3.63, 3.8) is 0 Å². The smallest absolute Gasteiger partial charge is 0.188 e. The second-order valence-electron chi connectivity index (χ2n) is 4.35. The highest BCUT2D eigenvalue weighted by molar-refractivity contribution is 9.10. The first-order valence-corrected chi connectivity index (χ1v) is 6.79. The van der Waals surface area contributed by atoms with Gasteiger partial charge in [-0.05, 0) is 24.1 Å². The molecule has 0 saturated heterocycles. The Bertz CT molecular complexity index is 394. The third kappa shape index (κ3) is 6.49. The molecule has 0 radical (unpaired) electrons. The number of nitrogens with zero attached hydrogens (tertiary/aromatic N) is 1. The Labute approximate surface area is 117 Å². The van der Waals surface area contributed by atoms with Crippen LogP contribution in [0.2, 0.25) is 0 Å². The summed E-state index contributed by atoms with van der Waals surface area (Å²) in [5.74, 6) is 1.83. The number of nitrogens with two attached hydrogens (primary N) is 1. The van der Waals surface area contributed by atoms with Crippen LogP contribution in [0, 0.1) is 5.92 Å². The van der Waals surface area contributed by atoms with Gasteiger partial charge < -0.3 is 15.8 Å². The van der Waals surface area contributed by atoms with Crippen molar-refractivity contribution in [3.05, 3.63) is 28.7 Å². The van der Waals surface area contributed by atoms with Crippen LogP contribution in [-0.4, -0.2) is 25.7 Å². The summed E-state index contributed by atoms with van der Waals surface area (Å²) in [7, 11) is 0. The van der Waals surface area contributed by atoms with E-state index in [1.54, 1.807) is 0 Å². The van der Waals surface area contributed by atoms with Gasteiger partial charge in [-0.2, -0.15) is 0 Å². The van der Waals surface area contributed by atoms with Crippen LogP contribution in [0.5, 0.6) is 5.75 Å². The van der Waals surface area contributed by atoms with E-state index < -0.39 is 0 Å². The Balaban J connectivity index is 2.20. The van der Waals surface area contributed by atoms with Crippen molar-refractivity contribution in [2.45, 2.75) is 13.8 Å². The van der Waals surface area contributed by atoms with Crippen LogP contribution in [0.3, 0.4) is 0 Å². The first kappa shape index (κ1) is 14.8. The second kappa shape index (κ2) is 7.97. The van der Waals surface area contributed by atoms with Gasteiger partial charge in [-0.15, -0.1) is 0 Å². The molecule has 3 N–H and O–H groups in total. The van der Waals surface area contributed by atoms with Crippen molar-refractivity contribution in [2.75, 3.05) is 19.7 Å². The molecule has 0 aliphatic carbocycles. The van der Waals surface area contributed by atoms with E-state index in [1.807, 2.05) is 24.3 Å². The van der Waals surface area contributed by atoms with Gasteiger partial charge in [0.05, 0.1) is 6.54 Å². The Kier molecular flexibility index (Phi) is 6.57. The molecule has 1 aromatic rings. The van der Waals surface area contributed by atoms with E-state index >= 15 is 0 Å². The molecular weight excluding hydrogens is 294 g/mol. The summed E-state index contributed by atoms with van der Waals surface area (Å²) in [4.78, 5) is 4.20. The van der Waals surface area contributed by atoms with Gasteiger partial charge in [0.1, 0.15) is 12.4 Å². The SMILES string of the molecule is CC(C)CN=C(N)NCCOc1cccc(Br)c1. The Morgan fingerprint density at radius 2 is 2.28 bits per heavy atom. The molecule has 4 nitrogen and oxygen atoms in total. The lowest BCUT2D eigenvalue weighted by atomic mass is 10.2. The molecule has 0 aliphatic rings. The molecule has 5 heteroatoms. The topological polar surface area (TPSA) is 59.6 Å². The number of rotatable bonds is 6. The molecule has 0 saturated carbocycles. The van der Waals surface area contributed by atoms with Crippen LogP contribution in [0.15, 0.2) is 33.7 Å². The molecule has 0 amide bonds. The van der Waals surface area contributed by atoms with E-state index in [2.05, 4.69) is 40.1 Å². The van der Waals surface area contributed by atoms with Crippen molar-refractivity contribution in [1.29, 1.82) is 0 Å². The highest BCUT2D eigenvalue weighted by atomic mass is 79.9. The molecule has 0 heterocycles. The minimum absolute atomic E-state index is 0.474. The number of hydrogen-bond donors (Lipinski definition) is 2. The molecule has 1 rings (SSSR count). The molecule has 0 bridgehead atoms. The molecule has 0 aromatic heterocycles. The maximum atomic E-state index is 5.70. The predicted molar refractivity (Wildman–Crippen MR) is 79.0 cm³/mol. The molecule has 18 heavy (non-hydrogen) atoms. The van der Waals surface area contributed by atoms with Gasteiger partial charge in [0.25, 0.3) is 0 Å². The van der Waals surface area contributed by atoms with E-state index in [0.29, 0.717) is 25.0 Å². The van der Waals surface area contributed by atoms with Gasteiger partial charge >= 0.3 is 0 Å². The summed E-state index contributed by atoms with van der Waals surface area (Å²) < 4.78 is 6.57. The first-order chi connectivity index (χ1) is 8.58. The standard InChI is InChI=1S/C13H20BrN3O/c1-10(2)9-17-13(15)16-6-7-18-12-5-3-4-11(14)8-12/h3-5,8,10H,6-7,9H2,1-2H3,(H3,15,16,17). The fourth-order valence-corrected chi connectivity index (χ4v) is 1.62. The van der Waals surface area contributed by atoms with Gasteiger partial charge in [-0.3, -0.25) is 4.99 Å². The normalized spacial score (nSPS) is 11.7.